The molecule has 0 amide bonds. The monoisotopic (exact) mass is 384 g/mol. The van der Waals surface area contributed by atoms with E-state index in [4.69, 9.17) is 16.3 Å². The van der Waals surface area contributed by atoms with Gasteiger partial charge in [0.15, 0.2) is 0 Å². The van der Waals surface area contributed by atoms with E-state index >= 15 is 0 Å². The fourth-order valence-electron chi connectivity index (χ4n) is 3.29. The molecule has 0 aromatic heterocycles. The molecule has 2 heterocycles. The van der Waals surface area contributed by atoms with Crippen LogP contribution >= 0.6 is 11.6 Å². The molecule has 0 saturated carbocycles. The first kappa shape index (κ1) is 17.5. The number of ether oxygens (including phenoxy) is 1. The number of alkyl halides is 3. The third kappa shape index (κ3) is 3.00. The number of rotatable bonds is 3. The lowest BCUT2D eigenvalue weighted by Crippen LogP contribution is -2.57. The number of nitrogens with zero attached hydrogens (tertiary/aromatic N) is 1. The van der Waals surface area contributed by atoms with Crippen LogP contribution in [-0.4, -0.2) is 37.1 Å². The Morgan fingerprint density at radius 1 is 1.23 bits per heavy atom. The van der Waals surface area contributed by atoms with E-state index < -0.39 is 17.3 Å². The van der Waals surface area contributed by atoms with Crippen LogP contribution in [0.15, 0.2) is 36.4 Å². The smallest absolute Gasteiger partial charge is 0.383 e. The summed E-state index contributed by atoms with van der Waals surface area (Å²) in [5.41, 5.74) is 0.901. The van der Waals surface area contributed by atoms with Crippen molar-refractivity contribution < 1.29 is 23.0 Å². The predicted octanol–water partition coefficient (Wildman–Crippen LogP) is 3.98. The molecule has 4 nitrogen and oxygen atoms in total. The third-order valence-corrected chi connectivity index (χ3v) is 5.05. The summed E-state index contributed by atoms with van der Waals surface area (Å²) in [5, 5.41) is 13.1. The van der Waals surface area contributed by atoms with Gasteiger partial charge in [0, 0.05) is 5.56 Å². The van der Waals surface area contributed by atoms with Crippen molar-refractivity contribution in [2.24, 2.45) is 0 Å². The van der Waals surface area contributed by atoms with Crippen molar-refractivity contribution in [2.75, 3.05) is 36.6 Å². The number of aliphatic hydroxyl groups is 1. The molecule has 2 aromatic carbocycles. The van der Waals surface area contributed by atoms with Crippen LogP contribution in [0.25, 0.3) is 11.1 Å². The van der Waals surface area contributed by atoms with Crippen molar-refractivity contribution in [1.82, 2.24) is 0 Å². The summed E-state index contributed by atoms with van der Waals surface area (Å²) in [5.74, 6) is 0. The van der Waals surface area contributed by atoms with Gasteiger partial charge in [0.1, 0.15) is 5.60 Å². The molecule has 1 saturated heterocycles. The van der Waals surface area contributed by atoms with Gasteiger partial charge in [-0.05, 0) is 23.8 Å². The zero-order valence-corrected chi connectivity index (χ0v) is 14.4. The van der Waals surface area contributed by atoms with E-state index in [1.54, 1.807) is 18.2 Å². The highest BCUT2D eigenvalue weighted by atomic mass is 35.5. The molecule has 4 rings (SSSR count). The summed E-state index contributed by atoms with van der Waals surface area (Å²) in [6, 6.07) is 9.23. The normalized spacial score (nSPS) is 18.3. The van der Waals surface area contributed by atoms with Crippen LogP contribution in [-0.2, 0) is 10.9 Å². The second-order valence-corrected chi connectivity index (χ2v) is 7.02. The first-order chi connectivity index (χ1) is 12.3. The van der Waals surface area contributed by atoms with Gasteiger partial charge in [-0.15, -0.1) is 0 Å². The Hall–Kier alpha value is -1.96. The van der Waals surface area contributed by atoms with Gasteiger partial charge < -0.3 is 20.1 Å². The predicted molar refractivity (Wildman–Crippen MR) is 93.5 cm³/mol. The maximum atomic E-state index is 13.1. The number of β-amino-alcohol motifs (C(OH)–C–C–N with tert-alkyl or cyclic N) is 1. The van der Waals surface area contributed by atoms with Crippen molar-refractivity contribution in [3.63, 3.8) is 0 Å². The summed E-state index contributed by atoms with van der Waals surface area (Å²) in [4.78, 5) is 1.98. The molecule has 138 valence electrons. The number of anilines is 2. The lowest BCUT2D eigenvalue weighted by atomic mass is 10.00. The highest BCUT2D eigenvalue weighted by molar-refractivity contribution is 6.34. The molecule has 0 radical (unpaired) electrons. The van der Waals surface area contributed by atoms with E-state index in [-0.39, 0.29) is 5.02 Å². The van der Waals surface area contributed by atoms with Crippen LogP contribution in [0.4, 0.5) is 24.5 Å². The Morgan fingerprint density at radius 2 is 2.00 bits per heavy atom. The first-order valence-electron chi connectivity index (χ1n) is 8.06. The second-order valence-electron chi connectivity index (χ2n) is 6.65. The van der Waals surface area contributed by atoms with Crippen LogP contribution < -0.4 is 10.2 Å². The van der Waals surface area contributed by atoms with Crippen molar-refractivity contribution in [2.45, 2.75) is 11.8 Å². The van der Waals surface area contributed by atoms with Crippen LogP contribution in [0.3, 0.4) is 0 Å². The Kier molecular flexibility index (Phi) is 4.06. The number of fused-ring (bicyclic) bond motifs is 1. The number of benzene rings is 2. The highest BCUT2D eigenvalue weighted by Crippen LogP contribution is 2.42. The van der Waals surface area contributed by atoms with E-state index in [9.17, 15) is 18.3 Å². The van der Waals surface area contributed by atoms with Crippen LogP contribution in [0.1, 0.15) is 5.56 Å². The number of hydrogen-bond donors (Lipinski definition) is 2. The van der Waals surface area contributed by atoms with E-state index in [0.29, 0.717) is 37.6 Å². The lowest BCUT2D eigenvalue weighted by molar-refractivity contribution is -0.171. The van der Waals surface area contributed by atoms with Gasteiger partial charge in [-0.2, -0.15) is 13.2 Å². The Balaban J connectivity index is 1.65. The van der Waals surface area contributed by atoms with Gasteiger partial charge >= 0.3 is 6.18 Å². The molecule has 2 aromatic rings. The van der Waals surface area contributed by atoms with Crippen molar-refractivity contribution in [3.8, 4) is 11.1 Å². The maximum absolute atomic E-state index is 13.1. The molecule has 8 heteroatoms. The summed E-state index contributed by atoms with van der Waals surface area (Å²) in [6.07, 6.45) is -4.50. The molecule has 0 bridgehead atoms. The fourth-order valence-corrected chi connectivity index (χ4v) is 3.63. The van der Waals surface area contributed by atoms with Gasteiger partial charge in [-0.1, -0.05) is 29.8 Å². The quantitative estimate of drug-likeness (QED) is 0.840. The molecule has 0 atom stereocenters. The van der Waals surface area contributed by atoms with E-state index in [1.165, 1.54) is 6.07 Å². The Morgan fingerprint density at radius 3 is 2.65 bits per heavy atom. The average molecular weight is 385 g/mol. The molecule has 26 heavy (non-hydrogen) atoms. The first-order valence-corrected chi connectivity index (χ1v) is 8.44. The standard InChI is InChI=1S/C18H16ClF3N2O2/c19-16-12(2-1-3-13(16)18(20,21)22)11-4-5-15-14(6-11)23-10-24(15)7-17(25)8-26-9-17/h1-6,23,25H,7-10H2. The van der Waals surface area contributed by atoms with Gasteiger partial charge in [0.05, 0.1) is 48.4 Å². The van der Waals surface area contributed by atoms with Gasteiger partial charge in [-0.25, -0.2) is 0 Å². The van der Waals surface area contributed by atoms with Crippen LogP contribution in [0, 0.1) is 0 Å². The van der Waals surface area contributed by atoms with Crippen molar-refractivity contribution in [3.05, 3.63) is 47.0 Å². The van der Waals surface area contributed by atoms with Crippen LogP contribution in [0.5, 0.6) is 0 Å². The molecular formula is C18H16ClF3N2O2. The zero-order valence-electron chi connectivity index (χ0n) is 13.6. The average Bonchev–Trinajstić information content (AvgIpc) is 2.94. The van der Waals surface area contributed by atoms with Crippen molar-refractivity contribution >= 4 is 23.0 Å². The van der Waals surface area contributed by atoms with Gasteiger partial charge in [0.2, 0.25) is 0 Å². The minimum absolute atomic E-state index is 0.302. The maximum Gasteiger partial charge on any atom is 0.417 e. The topological polar surface area (TPSA) is 44.7 Å². The van der Waals surface area contributed by atoms with E-state index in [0.717, 1.165) is 17.4 Å². The summed E-state index contributed by atoms with van der Waals surface area (Å²) < 4.78 is 44.3. The number of hydrogen-bond acceptors (Lipinski definition) is 4. The molecule has 2 N–H and O–H groups in total. The van der Waals surface area contributed by atoms with Gasteiger partial charge in [0.25, 0.3) is 0 Å². The molecule has 2 aliphatic rings. The molecular weight excluding hydrogens is 369 g/mol. The Bertz CT molecular complexity index is 853. The minimum Gasteiger partial charge on any atom is -0.383 e. The number of halogens is 4. The second kappa shape index (κ2) is 6.04. The molecule has 1 fully saturated rings. The molecule has 0 spiro atoms. The largest absolute Gasteiger partial charge is 0.417 e. The summed E-state index contributed by atoms with van der Waals surface area (Å²) in [7, 11) is 0. The minimum atomic E-state index is -4.50. The lowest BCUT2D eigenvalue weighted by Gasteiger charge is -2.39. The molecule has 2 aliphatic heterocycles. The van der Waals surface area contributed by atoms with E-state index in [2.05, 4.69) is 5.32 Å². The number of nitrogens with one attached hydrogen (secondary N) is 1. The fraction of sp³-hybridized carbons (Fsp3) is 0.333. The summed E-state index contributed by atoms with van der Waals surface area (Å²) >= 11 is 6.02. The Labute approximate surface area is 153 Å². The SMILES string of the molecule is OC1(CN2CNc3cc(-c4cccc(C(F)(F)F)c4Cl)ccc32)COC1. The molecule has 0 aliphatic carbocycles. The van der Waals surface area contributed by atoms with Gasteiger partial charge in [-0.3, -0.25) is 0 Å². The summed E-state index contributed by atoms with van der Waals surface area (Å²) in [6.45, 7) is 1.54. The highest BCUT2D eigenvalue weighted by Gasteiger charge is 2.39. The van der Waals surface area contributed by atoms with Crippen molar-refractivity contribution in [1.29, 1.82) is 0 Å². The van der Waals surface area contributed by atoms with Crippen LogP contribution in [0.2, 0.25) is 5.02 Å². The molecule has 0 unspecified atom stereocenters. The third-order valence-electron chi connectivity index (χ3n) is 4.64. The van der Waals surface area contributed by atoms with E-state index in [1.807, 2.05) is 11.0 Å². The zero-order chi connectivity index (χ0) is 18.5.